The third-order valence-corrected chi connectivity index (χ3v) is 13.7. The zero-order chi connectivity index (χ0) is 42.2. The summed E-state index contributed by atoms with van der Waals surface area (Å²) in [5.41, 5.74) is 22.4. The molecule has 0 amide bonds. The number of hydrogen-bond donors (Lipinski definition) is 1. The molecule has 2 nitrogen and oxygen atoms in total. The fourth-order valence-corrected chi connectivity index (χ4v) is 10.6. The Labute approximate surface area is 370 Å². The molecule has 0 spiro atoms. The molecule has 12 rings (SSSR count). The monoisotopic (exact) mass is 804 g/mol. The van der Waals surface area contributed by atoms with E-state index in [1.165, 1.54) is 111 Å². The summed E-state index contributed by atoms with van der Waals surface area (Å²) in [5, 5.41) is 8.84. The van der Waals surface area contributed by atoms with Crippen LogP contribution in [0.2, 0.25) is 0 Å². The second-order valence-electron chi connectivity index (χ2n) is 17.9. The smallest absolute Gasteiger partial charge is 0.198 e. The number of fused-ring (bicyclic) bond motifs is 7. The van der Waals surface area contributed by atoms with Crippen LogP contribution in [0.3, 0.4) is 0 Å². The van der Waals surface area contributed by atoms with E-state index in [0.717, 1.165) is 18.7 Å². The van der Waals surface area contributed by atoms with Crippen molar-refractivity contribution in [3.8, 4) is 44.5 Å². The minimum absolute atomic E-state index is 0.126. The Bertz CT molecular complexity index is 3420. The third-order valence-electron chi connectivity index (χ3n) is 13.7. The Kier molecular flexibility index (Phi) is 8.56. The molecule has 1 heterocycles. The van der Waals surface area contributed by atoms with Gasteiger partial charge >= 0.3 is 0 Å². The van der Waals surface area contributed by atoms with E-state index >= 15 is 0 Å². The molecular weight excluding hydrogens is 759 g/mol. The van der Waals surface area contributed by atoms with Gasteiger partial charge in [-0.1, -0.05) is 177 Å². The highest BCUT2D eigenvalue weighted by Gasteiger charge is 2.39. The minimum atomic E-state index is -0.126. The highest BCUT2D eigenvalue weighted by molar-refractivity contribution is 6.74. The van der Waals surface area contributed by atoms with Gasteiger partial charge in [0.25, 0.3) is 0 Å². The molecule has 1 N–H and O–H groups in total. The van der Waals surface area contributed by atoms with Crippen molar-refractivity contribution in [1.29, 1.82) is 0 Å². The number of nitrogens with one attached hydrogen (secondary N) is 1. The number of aryl methyl sites for hydroxylation is 1. The summed E-state index contributed by atoms with van der Waals surface area (Å²) in [6.07, 6.45) is 0. The van der Waals surface area contributed by atoms with Crippen LogP contribution < -0.4 is 21.1 Å². The Morgan fingerprint density at radius 3 is 1.81 bits per heavy atom. The fourth-order valence-electron chi connectivity index (χ4n) is 10.6. The van der Waals surface area contributed by atoms with E-state index in [0.29, 0.717) is 0 Å². The van der Waals surface area contributed by atoms with Crippen molar-refractivity contribution in [2.75, 3.05) is 10.2 Å². The van der Waals surface area contributed by atoms with Crippen LogP contribution >= 0.6 is 0 Å². The summed E-state index contributed by atoms with van der Waals surface area (Å²) in [7, 11) is 0.802. The maximum absolute atomic E-state index is 3.95. The van der Waals surface area contributed by atoms with Gasteiger partial charge in [-0.05, 0) is 138 Å². The minimum Gasteiger partial charge on any atom is -0.355 e. The van der Waals surface area contributed by atoms with Crippen LogP contribution in [-0.4, -0.2) is 7.28 Å². The third kappa shape index (κ3) is 6.10. The Hall–Kier alpha value is -7.62. The van der Waals surface area contributed by atoms with Crippen molar-refractivity contribution in [2.45, 2.75) is 26.2 Å². The van der Waals surface area contributed by atoms with Gasteiger partial charge in [0.2, 0.25) is 0 Å². The van der Waals surface area contributed by atoms with Crippen molar-refractivity contribution < 1.29 is 0 Å². The molecule has 10 aromatic carbocycles. The molecule has 63 heavy (non-hydrogen) atoms. The molecule has 0 unspecified atom stereocenters. The molecule has 1 aliphatic heterocycles. The summed E-state index contributed by atoms with van der Waals surface area (Å²) in [6, 6.07) is 76.2. The van der Waals surface area contributed by atoms with E-state index in [1.54, 1.807) is 0 Å². The number of benzene rings is 10. The van der Waals surface area contributed by atoms with E-state index in [4.69, 9.17) is 0 Å². The topological polar surface area (TPSA) is 15.3 Å². The van der Waals surface area contributed by atoms with Crippen LogP contribution in [0.25, 0.3) is 66.1 Å². The summed E-state index contributed by atoms with van der Waals surface area (Å²) >= 11 is 0. The quantitative estimate of drug-likeness (QED) is 0.168. The Morgan fingerprint density at radius 2 is 1.06 bits per heavy atom. The molecule has 3 heteroatoms. The molecule has 0 aromatic heterocycles. The second-order valence-corrected chi connectivity index (χ2v) is 17.9. The number of anilines is 5. The van der Waals surface area contributed by atoms with E-state index in [9.17, 15) is 0 Å². The summed E-state index contributed by atoms with van der Waals surface area (Å²) < 4.78 is 0. The van der Waals surface area contributed by atoms with Crippen LogP contribution in [-0.2, 0) is 5.41 Å². The molecule has 0 saturated heterocycles. The lowest BCUT2D eigenvalue weighted by Crippen LogP contribution is -2.41. The van der Waals surface area contributed by atoms with E-state index in [2.05, 4.69) is 237 Å². The van der Waals surface area contributed by atoms with Gasteiger partial charge in [0.05, 0.1) is 0 Å². The summed E-state index contributed by atoms with van der Waals surface area (Å²) in [5.74, 6) is 0. The molecule has 0 radical (unpaired) electrons. The fraction of sp³-hybridized carbons (Fsp3) is 0.0667. The standard InChI is InChI=1S/C60H45BN2/c1-38-32-44(40-18-8-5-9-19-40)28-31-55(38)63-56-37-52-49(48-24-14-15-25-51(48)60(52,2)3)36-53(56)61-59-57(63)35-45-22-12-13-23-47(45)58(59)50-33-42-20-10-11-21-43(42)34-54(50)62-46-29-26-41(27-30-46)39-16-6-4-7-17-39/h4-37,61-62H,1-3H3. The first-order chi connectivity index (χ1) is 30.9. The zero-order valence-electron chi connectivity index (χ0n) is 35.8. The molecule has 0 atom stereocenters. The number of hydrogen-bond acceptors (Lipinski definition) is 2. The van der Waals surface area contributed by atoms with Gasteiger partial charge in [-0.15, -0.1) is 0 Å². The lowest BCUT2D eigenvalue weighted by atomic mass is 9.57. The van der Waals surface area contributed by atoms with Gasteiger partial charge < -0.3 is 10.2 Å². The molecule has 2 aliphatic rings. The number of nitrogens with zero attached hydrogens (tertiary/aromatic N) is 1. The molecule has 10 aromatic rings. The highest BCUT2D eigenvalue weighted by Crippen LogP contribution is 2.52. The molecule has 298 valence electrons. The first kappa shape index (κ1) is 37.2. The average molecular weight is 805 g/mol. The Balaban J connectivity index is 1.10. The van der Waals surface area contributed by atoms with Crippen LogP contribution in [0.15, 0.2) is 206 Å². The summed E-state index contributed by atoms with van der Waals surface area (Å²) in [4.78, 5) is 2.59. The highest BCUT2D eigenvalue weighted by atomic mass is 15.2. The van der Waals surface area contributed by atoms with Crippen molar-refractivity contribution in [3.05, 3.63) is 223 Å². The lowest BCUT2D eigenvalue weighted by molar-refractivity contribution is 0.660. The molecule has 0 fully saturated rings. The van der Waals surface area contributed by atoms with E-state index < -0.39 is 0 Å². The second kappa shape index (κ2) is 14.5. The van der Waals surface area contributed by atoms with Crippen LogP contribution in [0, 0.1) is 6.92 Å². The van der Waals surface area contributed by atoms with Crippen LogP contribution in [0.5, 0.6) is 0 Å². The predicted molar refractivity (Wildman–Crippen MR) is 271 cm³/mol. The maximum atomic E-state index is 3.95. The molecule has 0 bridgehead atoms. The molecular formula is C60H45BN2. The predicted octanol–water partition coefficient (Wildman–Crippen LogP) is 14.5. The van der Waals surface area contributed by atoms with Gasteiger partial charge in [-0.3, -0.25) is 0 Å². The van der Waals surface area contributed by atoms with Crippen molar-refractivity contribution in [2.24, 2.45) is 0 Å². The van der Waals surface area contributed by atoms with Gasteiger partial charge in [-0.25, -0.2) is 0 Å². The first-order valence-electron chi connectivity index (χ1n) is 22.1. The van der Waals surface area contributed by atoms with Crippen LogP contribution in [0.1, 0.15) is 30.5 Å². The van der Waals surface area contributed by atoms with Crippen LogP contribution in [0.4, 0.5) is 28.4 Å². The van der Waals surface area contributed by atoms with Crippen molar-refractivity contribution in [1.82, 2.24) is 0 Å². The first-order valence-corrected chi connectivity index (χ1v) is 22.1. The maximum Gasteiger partial charge on any atom is 0.198 e. The van der Waals surface area contributed by atoms with Gasteiger partial charge in [0, 0.05) is 39.4 Å². The Morgan fingerprint density at radius 1 is 0.444 bits per heavy atom. The normalized spacial score (nSPS) is 13.2. The van der Waals surface area contributed by atoms with Gasteiger partial charge in [0.1, 0.15) is 0 Å². The molecule has 1 aliphatic carbocycles. The van der Waals surface area contributed by atoms with E-state index in [1.807, 2.05) is 0 Å². The zero-order valence-corrected chi connectivity index (χ0v) is 35.8. The van der Waals surface area contributed by atoms with Gasteiger partial charge in [0.15, 0.2) is 7.28 Å². The average Bonchev–Trinajstić information content (AvgIpc) is 3.55. The largest absolute Gasteiger partial charge is 0.355 e. The molecule has 0 saturated carbocycles. The lowest BCUT2D eigenvalue weighted by Gasteiger charge is -2.37. The number of rotatable bonds is 6. The van der Waals surface area contributed by atoms with E-state index in [-0.39, 0.29) is 5.41 Å². The van der Waals surface area contributed by atoms with Crippen molar-refractivity contribution in [3.63, 3.8) is 0 Å². The summed E-state index contributed by atoms with van der Waals surface area (Å²) in [6.45, 7) is 7.06. The van der Waals surface area contributed by atoms with Crippen molar-refractivity contribution >= 4 is 68.2 Å². The van der Waals surface area contributed by atoms with Gasteiger partial charge in [-0.2, -0.15) is 0 Å². The SMILES string of the molecule is Cc1cc(-c2ccccc2)ccc1N1c2cc3c(cc2Bc2c1cc1ccccc1c2-c1cc2ccccc2cc1Nc1ccc(-c2ccccc2)cc1)-c1ccccc1C3(C)C.